The largest absolute Gasteiger partial charge is 0.378 e. The predicted molar refractivity (Wildman–Crippen MR) is 77.7 cm³/mol. The number of carbonyl (C=O) groups excluding carboxylic acids is 2. The Morgan fingerprint density at radius 1 is 1.25 bits per heavy atom. The lowest BCUT2D eigenvalue weighted by Gasteiger charge is -2.25. The molecule has 20 heavy (non-hydrogen) atoms. The second kappa shape index (κ2) is 5.38. The summed E-state index contributed by atoms with van der Waals surface area (Å²) in [5.74, 6) is -0.939. The maximum absolute atomic E-state index is 12.4. The number of hydrogen-bond donors (Lipinski definition) is 1. The molecule has 0 bridgehead atoms. The lowest BCUT2D eigenvalue weighted by Crippen LogP contribution is -2.44. The van der Waals surface area contributed by atoms with Crippen molar-refractivity contribution in [2.75, 3.05) is 26.3 Å². The third-order valence-corrected chi connectivity index (χ3v) is 3.87. The quantitative estimate of drug-likeness (QED) is 0.673. The molecule has 1 aliphatic heterocycles. The van der Waals surface area contributed by atoms with Crippen molar-refractivity contribution in [2.24, 2.45) is 0 Å². The van der Waals surface area contributed by atoms with Crippen LogP contribution in [-0.2, 0) is 9.53 Å². The SMILES string of the molecule is O=C(C(=O)N1CCOCC1)c1c[nH]c2ccc(Br)cc12. The highest BCUT2D eigenvalue weighted by Gasteiger charge is 2.26. The second-order valence-corrected chi connectivity index (χ2v) is 5.54. The van der Waals surface area contributed by atoms with Gasteiger partial charge in [-0.15, -0.1) is 0 Å². The van der Waals surface area contributed by atoms with Crippen LogP contribution >= 0.6 is 15.9 Å². The molecule has 0 radical (unpaired) electrons. The number of benzene rings is 1. The van der Waals surface area contributed by atoms with Gasteiger partial charge >= 0.3 is 0 Å². The Balaban J connectivity index is 1.91. The number of nitrogens with one attached hydrogen (secondary N) is 1. The van der Waals surface area contributed by atoms with E-state index in [1.807, 2.05) is 18.2 Å². The van der Waals surface area contributed by atoms with Gasteiger partial charge in [0, 0.05) is 34.7 Å². The zero-order valence-electron chi connectivity index (χ0n) is 10.7. The van der Waals surface area contributed by atoms with Crippen molar-refractivity contribution in [3.63, 3.8) is 0 Å². The molecule has 1 aliphatic rings. The van der Waals surface area contributed by atoms with Crippen LogP contribution in [0.1, 0.15) is 10.4 Å². The number of halogens is 1. The van der Waals surface area contributed by atoms with Crippen LogP contribution in [0.2, 0.25) is 0 Å². The van der Waals surface area contributed by atoms with Crippen LogP contribution in [-0.4, -0.2) is 47.9 Å². The summed E-state index contributed by atoms with van der Waals surface area (Å²) in [7, 11) is 0. The number of Topliss-reactive ketones (excluding diaryl/α,β-unsaturated/α-hetero) is 1. The van der Waals surface area contributed by atoms with E-state index in [1.54, 1.807) is 11.1 Å². The molecule has 1 saturated heterocycles. The summed E-state index contributed by atoms with van der Waals surface area (Å²) >= 11 is 3.38. The Bertz CT molecular complexity index is 674. The lowest BCUT2D eigenvalue weighted by molar-refractivity contribution is -0.130. The van der Waals surface area contributed by atoms with Crippen molar-refractivity contribution in [3.8, 4) is 0 Å². The van der Waals surface area contributed by atoms with Crippen molar-refractivity contribution in [3.05, 3.63) is 34.4 Å². The fourth-order valence-electron chi connectivity index (χ4n) is 2.31. The van der Waals surface area contributed by atoms with Crippen LogP contribution in [0.25, 0.3) is 10.9 Å². The first-order valence-corrected chi connectivity index (χ1v) is 7.14. The van der Waals surface area contributed by atoms with Gasteiger partial charge in [0.15, 0.2) is 0 Å². The molecule has 2 heterocycles. The van der Waals surface area contributed by atoms with Gasteiger partial charge in [0.25, 0.3) is 11.7 Å². The molecule has 0 atom stereocenters. The first kappa shape index (κ1) is 13.3. The standard InChI is InChI=1S/C14H13BrN2O3/c15-9-1-2-12-10(7-9)11(8-16-12)13(18)14(19)17-3-5-20-6-4-17/h1-2,7-8,16H,3-6H2. The summed E-state index contributed by atoms with van der Waals surface area (Å²) in [6.45, 7) is 1.91. The molecule has 1 N–H and O–H groups in total. The van der Waals surface area contributed by atoms with E-state index in [9.17, 15) is 9.59 Å². The van der Waals surface area contributed by atoms with Crippen LogP contribution in [0.4, 0.5) is 0 Å². The van der Waals surface area contributed by atoms with E-state index >= 15 is 0 Å². The summed E-state index contributed by atoms with van der Waals surface area (Å²) in [4.78, 5) is 29.1. The molecule has 2 aromatic rings. The van der Waals surface area contributed by atoms with E-state index in [4.69, 9.17) is 4.74 Å². The van der Waals surface area contributed by atoms with Crippen LogP contribution < -0.4 is 0 Å². The number of aromatic nitrogens is 1. The molecule has 6 heteroatoms. The Morgan fingerprint density at radius 2 is 2.00 bits per heavy atom. The topological polar surface area (TPSA) is 62.4 Å². The van der Waals surface area contributed by atoms with Crippen LogP contribution in [0.3, 0.4) is 0 Å². The molecule has 0 saturated carbocycles. The summed E-state index contributed by atoms with van der Waals surface area (Å²) in [5.41, 5.74) is 1.25. The molecular formula is C14H13BrN2O3. The highest BCUT2D eigenvalue weighted by Crippen LogP contribution is 2.23. The summed E-state index contributed by atoms with van der Waals surface area (Å²) in [6, 6.07) is 5.60. The number of ketones is 1. The number of rotatable bonds is 2. The number of amides is 1. The van der Waals surface area contributed by atoms with Crippen molar-refractivity contribution >= 4 is 38.5 Å². The smallest absolute Gasteiger partial charge is 0.295 e. The number of H-pyrrole nitrogens is 1. The summed E-state index contributed by atoms with van der Waals surface area (Å²) in [5, 5.41) is 0.756. The number of fused-ring (bicyclic) bond motifs is 1. The van der Waals surface area contributed by atoms with Gasteiger partial charge in [-0.25, -0.2) is 0 Å². The van der Waals surface area contributed by atoms with Crippen LogP contribution in [0.5, 0.6) is 0 Å². The Labute approximate surface area is 124 Å². The zero-order valence-corrected chi connectivity index (χ0v) is 12.3. The summed E-state index contributed by atoms with van der Waals surface area (Å²) in [6.07, 6.45) is 1.60. The van der Waals surface area contributed by atoms with E-state index in [-0.39, 0.29) is 0 Å². The third-order valence-electron chi connectivity index (χ3n) is 3.38. The maximum Gasteiger partial charge on any atom is 0.295 e. The Morgan fingerprint density at radius 3 is 2.75 bits per heavy atom. The van der Waals surface area contributed by atoms with Crippen molar-refractivity contribution < 1.29 is 14.3 Å². The van der Waals surface area contributed by atoms with Gasteiger partial charge in [0.1, 0.15) is 0 Å². The van der Waals surface area contributed by atoms with Gasteiger partial charge in [0.2, 0.25) is 0 Å². The minimum atomic E-state index is -0.476. The molecule has 104 valence electrons. The Hall–Kier alpha value is -1.66. The van der Waals surface area contributed by atoms with E-state index in [1.165, 1.54) is 0 Å². The van der Waals surface area contributed by atoms with E-state index < -0.39 is 11.7 Å². The maximum atomic E-state index is 12.4. The number of nitrogens with zero attached hydrogens (tertiary/aromatic N) is 1. The predicted octanol–water partition coefficient (Wildman–Crippen LogP) is 1.97. The lowest BCUT2D eigenvalue weighted by atomic mass is 10.1. The molecule has 0 unspecified atom stereocenters. The molecule has 0 spiro atoms. The Kier molecular flexibility index (Phi) is 3.58. The number of carbonyl (C=O) groups is 2. The van der Waals surface area contributed by atoms with Gasteiger partial charge in [0.05, 0.1) is 18.8 Å². The fourth-order valence-corrected chi connectivity index (χ4v) is 2.67. The normalized spacial score (nSPS) is 15.6. The minimum absolute atomic E-state index is 0.415. The van der Waals surface area contributed by atoms with Gasteiger partial charge < -0.3 is 14.6 Å². The zero-order chi connectivity index (χ0) is 14.1. The monoisotopic (exact) mass is 336 g/mol. The average Bonchev–Trinajstić information content (AvgIpc) is 2.89. The van der Waals surface area contributed by atoms with Crippen LogP contribution in [0.15, 0.2) is 28.9 Å². The molecule has 1 aromatic carbocycles. The van der Waals surface area contributed by atoms with Gasteiger partial charge in [-0.2, -0.15) is 0 Å². The highest BCUT2D eigenvalue weighted by molar-refractivity contribution is 9.10. The molecule has 5 nitrogen and oxygen atoms in total. The van der Waals surface area contributed by atoms with E-state index in [2.05, 4.69) is 20.9 Å². The summed E-state index contributed by atoms with van der Waals surface area (Å²) < 4.78 is 6.06. The van der Waals surface area contributed by atoms with Gasteiger partial charge in [-0.05, 0) is 18.2 Å². The average molecular weight is 337 g/mol. The van der Waals surface area contributed by atoms with Gasteiger partial charge in [-0.3, -0.25) is 9.59 Å². The van der Waals surface area contributed by atoms with E-state index in [0.29, 0.717) is 31.9 Å². The number of aromatic amines is 1. The van der Waals surface area contributed by atoms with Crippen molar-refractivity contribution in [1.82, 2.24) is 9.88 Å². The number of hydrogen-bond acceptors (Lipinski definition) is 3. The molecule has 1 aromatic heterocycles. The molecule has 1 amide bonds. The minimum Gasteiger partial charge on any atom is -0.378 e. The fraction of sp³-hybridized carbons (Fsp3) is 0.286. The first-order chi connectivity index (χ1) is 9.66. The van der Waals surface area contributed by atoms with Crippen LogP contribution in [0, 0.1) is 0 Å². The van der Waals surface area contributed by atoms with E-state index in [0.717, 1.165) is 15.4 Å². The van der Waals surface area contributed by atoms with Crippen molar-refractivity contribution in [2.45, 2.75) is 0 Å². The number of ether oxygens (including phenoxy) is 1. The third kappa shape index (κ3) is 2.36. The van der Waals surface area contributed by atoms with Gasteiger partial charge in [-0.1, -0.05) is 15.9 Å². The van der Waals surface area contributed by atoms with Crippen molar-refractivity contribution in [1.29, 1.82) is 0 Å². The highest BCUT2D eigenvalue weighted by atomic mass is 79.9. The molecule has 0 aliphatic carbocycles. The molecule has 3 rings (SSSR count). The second-order valence-electron chi connectivity index (χ2n) is 4.63. The first-order valence-electron chi connectivity index (χ1n) is 6.35. The molecular weight excluding hydrogens is 324 g/mol. The molecule has 1 fully saturated rings. The number of morpholine rings is 1.